The lowest BCUT2D eigenvalue weighted by Crippen LogP contribution is -2.63. The number of hydrogen-bond donors (Lipinski definition) is 1. The molecule has 118 valence electrons. The molecule has 0 amide bonds. The molecule has 4 heteroatoms. The fraction of sp³-hybridized carbons (Fsp3) is 0.824. The first kappa shape index (κ1) is 14.9. The molecule has 2 aliphatic carbocycles. The predicted octanol–water partition coefficient (Wildman–Crippen LogP) is 3.37. The average Bonchev–Trinajstić information content (AvgIpc) is 3.13. The Morgan fingerprint density at radius 2 is 2.14 bits per heavy atom. The van der Waals surface area contributed by atoms with E-state index in [2.05, 4.69) is 30.5 Å². The number of hydrogen-bond acceptors (Lipinski definition) is 3. The van der Waals surface area contributed by atoms with Gasteiger partial charge in [-0.2, -0.15) is 5.10 Å². The van der Waals surface area contributed by atoms with Gasteiger partial charge in [0.05, 0.1) is 12.4 Å². The highest BCUT2D eigenvalue weighted by atomic mass is 16.5. The van der Waals surface area contributed by atoms with Gasteiger partial charge in [-0.1, -0.05) is 26.7 Å². The van der Waals surface area contributed by atoms with Crippen LogP contribution in [0.15, 0.2) is 12.4 Å². The van der Waals surface area contributed by atoms with Gasteiger partial charge in [0.2, 0.25) is 0 Å². The average molecular weight is 291 g/mol. The molecule has 1 heterocycles. The van der Waals surface area contributed by atoms with Gasteiger partial charge in [0.1, 0.15) is 6.10 Å². The second-order valence-corrected chi connectivity index (χ2v) is 6.73. The molecule has 2 atom stereocenters. The van der Waals surface area contributed by atoms with Crippen LogP contribution >= 0.6 is 0 Å². The highest BCUT2D eigenvalue weighted by Gasteiger charge is 2.57. The van der Waals surface area contributed by atoms with Gasteiger partial charge in [-0.3, -0.25) is 4.68 Å². The molecule has 1 spiro atoms. The summed E-state index contributed by atoms with van der Waals surface area (Å²) in [6.45, 7) is 6.52. The van der Waals surface area contributed by atoms with Crippen molar-refractivity contribution in [2.24, 2.45) is 5.41 Å². The first-order chi connectivity index (χ1) is 10.3. The summed E-state index contributed by atoms with van der Waals surface area (Å²) in [4.78, 5) is 0. The van der Waals surface area contributed by atoms with Gasteiger partial charge in [-0.15, -0.1) is 0 Å². The Morgan fingerprint density at radius 1 is 1.33 bits per heavy atom. The maximum atomic E-state index is 6.30. The zero-order chi connectivity index (χ0) is 14.7. The molecule has 21 heavy (non-hydrogen) atoms. The van der Waals surface area contributed by atoms with E-state index in [-0.39, 0.29) is 0 Å². The third-order valence-corrected chi connectivity index (χ3v) is 5.30. The van der Waals surface area contributed by atoms with Crippen LogP contribution in [0.1, 0.15) is 58.8 Å². The zero-order valence-corrected chi connectivity index (χ0v) is 13.5. The van der Waals surface area contributed by atoms with Crippen LogP contribution in [0.2, 0.25) is 0 Å². The Labute approximate surface area is 128 Å². The quantitative estimate of drug-likeness (QED) is 0.837. The van der Waals surface area contributed by atoms with E-state index >= 15 is 0 Å². The van der Waals surface area contributed by atoms with Gasteiger partial charge in [-0.05, 0) is 32.2 Å². The molecule has 3 rings (SSSR count). The summed E-state index contributed by atoms with van der Waals surface area (Å²) in [7, 11) is 0. The predicted molar refractivity (Wildman–Crippen MR) is 84.5 cm³/mol. The number of nitrogens with zero attached hydrogens (tertiary/aromatic N) is 2. The molecule has 2 unspecified atom stereocenters. The lowest BCUT2D eigenvalue weighted by molar-refractivity contribution is -0.0760. The standard InChI is InChI=1S/C17H29N3O/c1-3-9-18-15-11-16(17(15)7-5-6-8-17)21-14-12-19-20(13-14)10-4-2/h12-13,15-16,18H,3-11H2,1-2H3. The minimum absolute atomic E-state index is 0.383. The molecule has 4 nitrogen and oxygen atoms in total. The van der Waals surface area contributed by atoms with Crippen LogP contribution in [0.5, 0.6) is 5.75 Å². The summed E-state index contributed by atoms with van der Waals surface area (Å²) in [6.07, 6.45) is 13.2. The molecule has 1 aromatic rings. The van der Waals surface area contributed by atoms with Crippen molar-refractivity contribution in [1.82, 2.24) is 15.1 Å². The number of ether oxygens (including phenoxy) is 1. The largest absolute Gasteiger partial charge is 0.486 e. The Balaban J connectivity index is 1.62. The molecule has 1 N–H and O–H groups in total. The Hall–Kier alpha value is -1.03. The van der Waals surface area contributed by atoms with E-state index in [9.17, 15) is 0 Å². The Morgan fingerprint density at radius 3 is 2.86 bits per heavy atom. The molecule has 0 saturated heterocycles. The van der Waals surface area contributed by atoms with Crippen molar-refractivity contribution >= 4 is 0 Å². The molecule has 2 aliphatic rings. The first-order valence-corrected chi connectivity index (χ1v) is 8.71. The van der Waals surface area contributed by atoms with Crippen LogP contribution in [0.25, 0.3) is 0 Å². The number of nitrogens with one attached hydrogen (secondary N) is 1. The summed E-state index contributed by atoms with van der Waals surface area (Å²) >= 11 is 0. The molecule has 0 aromatic carbocycles. The second kappa shape index (κ2) is 6.39. The van der Waals surface area contributed by atoms with Crippen molar-refractivity contribution in [3.05, 3.63) is 12.4 Å². The van der Waals surface area contributed by atoms with Gasteiger partial charge in [0, 0.05) is 24.4 Å². The molecule has 0 aliphatic heterocycles. The van der Waals surface area contributed by atoms with Gasteiger partial charge < -0.3 is 10.1 Å². The molecule has 0 radical (unpaired) electrons. The van der Waals surface area contributed by atoms with Crippen molar-refractivity contribution in [3.8, 4) is 5.75 Å². The fourth-order valence-corrected chi connectivity index (χ4v) is 4.14. The molecular formula is C17H29N3O. The van der Waals surface area contributed by atoms with E-state index in [4.69, 9.17) is 4.74 Å². The lowest BCUT2D eigenvalue weighted by atomic mass is 9.60. The van der Waals surface area contributed by atoms with Crippen LogP contribution in [-0.2, 0) is 6.54 Å². The van der Waals surface area contributed by atoms with E-state index in [1.165, 1.54) is 32.1 Å². The van der Waals surface area contributed by atoms with Crippen LogP contribution in [0, 0.1) is 5.41 Å². The van der Waals surface area contributed by atoms with Crippen LogP contribution in [0.3, 0.4) is 0 Å². The van der Waals surface area contributed by atoms with E-state index < -0.39 is 0 Å². The highest BCUT2D eigenvalue weighted by molar-refractivity contribution is 5.17. The molecule has 2 fully saturated rings. The summed E-state index contributed by atoms with van der Waals surface area (Å²) in [6, 6.07) is 0.663. The van der Waals surface area contributed by atoms with Crippen molar-refractivity contribution in [1.29, 1.82) is 0 Å². The normalized spacial score (nSPS) is 27.0. The maximum absolute atomic E-state index is 6.30. The van der Waals surface area contributed by atoms with Crippen molar-refractivity contribution in [3.63, 3.8) is 0 Å². The zero-order valence-electron chi connectivity index (χ0n) is 13.5. The van der Waals surface area contributed by atoms with Crippen molar-refractivity contribution in [2.75, 3.05) is 6.54 Å². The number of aromatic nitrogens is 2. The number of aryl methyl sites for hydroxylation is 1. The Bertz CT molecular complexity index is 451. The van der Waals surface area contributed by atoms with Crippen LogP contribution < -0.4 is 10.1 Å². The summed E-state index contributed by atoms with van der Waals surface area (Å²) in [5.74, 6) is 0.952. The van der Waals surface area contributed by atoms with Gasteiger partial charge in [0.15, 0.2) is 5.75 Å². The minimum Gasteiger partial charge on any atom is -0.486 e. The summed E-state index contributed by atoms with van der Waals surface area (Å²) in [5.41, 5.74) is 0.391. The molecule has 2 saturated carbocycles. The minimum atomic E-state index is 0.383. The van der Waals surface area contributed by atoms with Crippen LogP contribution in [-0.4, -0.2) is 28.5 Å². The van der Waals surface area contributed by atoms with Gasteiger partial charge in [-0.25, -0.2) is 0 Å². The summed E-state index contributed by atoms with van der Waals surface area (Å²) < 4.78 is 8.29. The summed E-state index contributed by atoms with van der Waals surface area (Å²) in [5, 5.41) is 8.12. The van der Waals surface area contributed by atoms with E-state index in [0.717, 1.165) is 31.7 Å². The fourth-order valence-electron chi connectivity index (χ4n) is 4.14. The maximum Gasteiger partial charge on any atom is 0.157 e. The van der Waals surface area contributed by atoms with Crippen molar-refractivity contribution in [2.45, 2.75) is 77.5 Å². The van der Waals surface area contributed by atoms with E-state index in [0.29, 0.717) is 17.6 Å². The van der Waals surface area contributed by atoms with Crippen LogP contribution in [0.4, 0.5) is 0 Å². The van der Waals surface area contributed by atoms with Crippen molar-refractivity contribution < 1.29 is 4.74 Å². The number of rotatable bonds is 7. The third kappa shape index (κ3) is 2.83. The van der Waals surface area contributed by atoms with E-state index in [1.54, 1.807) is 0 Å². The highest BCUT2D eigenvalue weighted by Crippen LogP contribution is 2.54. The molecule has 1 aromatic heterocycles. The SMILES string of the molecule is CCCNC1CC(Oc2cnn(CCC)c2)C12CCCC2. The monoisotopic (exact) mass is 291 g/mol. The molecular weight excluding hydrogens is 262 g/mol. The smallest absolute Gasteiger partial charge is 0.157 e. The Kier molecular flexibility index (Phi) is 4.53. The first-order valence-electron chi connectivity index (χ1n) is 8.71. The van der Waals surface area contributed by atoms with Gasteiger partial charge >= 0.3 is 0 Å². The second-order valence-electron chi connectivity index (χ2n) is 6.73. The third-order valence-electron chi connectivity index (χ3n) is 5.30. The molecule has 0 bridgehead atoms. The van der Waals surface area contributed by atoms with E-state index in [1.807, 2.05) is 10.9 Å². The topological polar surface area (TPSA) is 39.1 Å². The lowest BCUT2D eigenvalue weighted by Gasteiger charge is -2.54. The van der Waals surface area contributed by atoms with Gasteiger partial charge in [0.25, 0.3) is 0 Å².